The molecule has 0 rings (SSSR count). The molecule has 0 N–H and O–H groups in total. The first-order valence-corrected chi connectivity index (χ1v) is 6.55. The molecular formula is C4H6Cl2O2Si. The Morgan fingerprint density at radius 2 is 2.33 bits per heavy atom. The average molecular weight is 185 g/mol. The zero-order valence-corrected chi connectivity index (χ0v) is 7.31. The molecule has 0 heterocycles. The summed E-state index contributed by atoms with van der Waals surface area (Å²) in [5.41, 5.74) is 0. The van der Waals surface area contributed by atoms with Crippen molar-refractivity contribution in [3.8, 4) is 0 Å². The van der Waals surface area contributed by atoms with E-state index < -0.39 is 13.4 Å². The van der Waals surface area contributed by atoms with Crippen LogP contribution >= 0.6 is 22.2 Å². The number of carbonyl (C=O) groups is 1. The van der Waals surface area contributed by atoms with E-state index >= 15 is 0 Å². The standard InChI is InChI=1S/C4H6Cl2O2Si/c1-2-4(7)8-3-9(5)6/h2,9H,1,3H2. The molecule has 9 heavy (non-hydrogen) atoms. The van der Waals surface area contributed by atoms with E-state index in [-0.39, 0.29) is 6.23 Å². The van der Waals surface area contributed by atoms with E-state index in [1.54, 1.807) is 0 Å². The van der Waals surface area contributed by atoms with E-state index in [1.165, 1.54) is 0 Å². The molecule has 0 aromatic rings. The maximum Gasteiger partial charge on any atom is 0.329 e. The minimum atomic E-state index is -1.79. The molecule has 0 aliphatic rings. The molecule has 0 bridgehead atoms. The maximum atomic E-state index is 10.3. The van der Waals surface area contributed by atoms with Crippen molar-refractivity contribution in [2.75, 3.05) is 6.23 Å². The lowest BCUT2D eigenvalue weighted by Gasteiger charge is -1.98. The summed E-state index contributed by atoms with van der Waals surface area (Å²) in [6, 6.07) is 0. The number of hydrogen-bond donors (Lipinski definition) is 0. The summed E-state index contributed by atoms with van der Waals surface area (Å²) in [7, 11) is -1.79. The Bertz CT molecular complexity index is 115. The third-order valence-electron chi connectivity index (χ3n) is 0.518. The molecule has 0 saturated carbocycles. The molecular weight excluding hydrogens is 179 g/mol. The first-order valence-electron chi connectivity index (χ1n) is 2.24. The van der Waals surface area contributed by atoms with Crippen LogP contribution in [0.25, 0.3) is 0 Å². The van der Waals surface area contributed by atoms with E-state index in [4.69, 9.17) is 22.2 Å². The van der Waals surface area contributed by atoms with Gasteiger partial charge in [-0.3, -0.25) is 0 Å². The zero-order chi connectivity index (χ0) is 7.28. The molecule has 0 spiro atoms. The number of halogens is 2. The summed E-state index contributed by atoms with van der Waals surface area (Å²) >= 11 is 10.7. The third kappa shape index (κ3) is 5.88. The van der Waals surface area contributed by atoms with Gasteiger partial charge in [-0.15, -0.1) is 22.2 Å². The lowest BCUT2D eigenvalue weighted by Crippen LogP contribution is -2.10. The fraction of sp³-hybridized carbons (Fsp3) is 0.250. The summed E-state index contributed by atoms with van der Waals surface area (Å²) in [6.07, 6.45) is 1.22. The second-order valence-electron chi connectivity index (χ2n) is 1.23. The largest absolute Gasteiger partial charge is 0.464 e. The van der Waals surface area contributed by atoms with E-state index in [0.29, 0.717) is 0 Å². The smallest absolute Gasteiger partial charge is 0.329 e. The molecule has 0 unspecified atom stereocenters. The highest BCUT2D eigenvalue weighted by atomic mass is 35.7. The van der Waals surface area contributed by atoms with Gasteiger partial charge in [-0.05, 0) is 0 Å². The van der Waals surface area contributed by atoms with Gasteiger partial charge in [0.25, 0.3) is 7.42 Å². The molecule has 0 aliphatic carbocycles. The summed E-state index contributed by atoms with van der Waals surface area (Å²) in [5.74, 6) is -0.478. The number of hydrogen-bond acceptors (Lipinski definition) is 2. The van der Waals surface area contributed by atoms with Gasteiger partial charge in [0.05, 0.1) is 0 Å². The fourth-order valence-corrected chi connectivity index (χ4v) is 0.872. The van der Waals surface area contributed by atoms with Crippen LogP contribution in [0.2, 0.25) is 0 Å². The van der Waals surface area contributed by atoms with Crippen LogP contribution in [-0.2, 0) is 9.53 Å². The van der Waals surface area contributed by atoms with Gasteiger partial charge in [0.1, 0.15) is 6.23 Å². The molecule has 0 aromatic carbocycles. The molecule has 52 valence electrons. The van der Waals surface area contributed by atoms with Gasteiger partial charge in [0.15, 0.2) is 0 Å². The number of esters is 1. The highest BCUT2D eigenvalue weighted by Crippen LogP contribution is 1.95. The van der Waals surface area contributed by atoms with Gasteiger partial charge in [-0.2, -0.15) is 0 Å². The molecule has 5 heteroatoms. The monoisotopic (exact) mass is 184 g/mol. The van der Waals surface area contributed by atoms with Crippen molar-refractivity contribution in [1.29, 1.82) is 0 Å². The SMILES string of the molecule is C=CC(=O)OC[SiH](Cl)Cl. The predicted molar refractivity (Wildman–Crippen MR) is 40.0 cm³/mol. The molecule has 2 nitrogen and oxygen atoms in total. The van der Waals surface area contributed by atoms with Gasteiger partial charge in [-0.25, -0.2) is 4.79 Å². The molecule has 0 aromatic heterocycles. The van der Waals surface area contributed by atoms with Crippen molar-refractivity contribution in [3.05, 3.63) is 12.7 Å². The first-order chi connectivity index (χ1) is 4.16. The fourth-order valence-electron chi connectivity index (χ4n) is 0.204. The third-order valence-corrected chi connectivity index (χ3v) is 1.69. The summed E-state index contributed by atoms with van der Waals surface area (Å²) in [4.78, 5) is 10.3. The molecule has 0 amide bonds. The molecule has 0 radical (unpaired) electrons. The quantitative estimate of drug-likeness (QED) is 0.283. The first kappa shape index (κ1) is 9.01. The molecule has 0 atom stereocenters. The van der Waals surface area contributed by atoms with E-state index in [0.717, 1.165) is 6.08 Å². The lowest BCUT2D eigenvalue weighted by atomic mass is 10.7. The van der Waals surface area contributed by atoms with Gasteiger partial charge in [0, 0.05) is 6.08 Å². The maximum absolute atomic E-state index is 10.3. The van der Waals surface area contributed by atoms with Gasteiger partial charge < -0.3 is 4.74 Å². The van der Waals surface area contributed by atoms with E-state index in [2.05, 4.69) is 11.3 Å². The average Bonchev–Trinajstić information content (AvgIpc) is 1.83. The van der Waals surface area contributed by atoms with Crippen molar-refractivity contribution in [1.82, 2.24) is 0 Å². The van der Waals surface area contributed by atoms with Gasteiger partial charge in [-0.1, -0.05) is 6.58 Å². The normalized spacial score (nSPS) is 9.22. The lowest BCUT2D eigenvalue weighted by molar-refractivity contribution is -0.135. The highest BCUT2D eigenvalue weighted by molar-refractivity contribution is 7.33. The van der Waals surface area contributed by atoms with E-state index in [1.807, 2.05) is 0 Å². The minimum absolute atomic E-state index is 0.147. The molecule has 0 aliphatic heterocycles. The second-order valence-corrected chi connectivity index (χ2v) is 6.17. The van der Waals surface area contributed by atoms with E-state index in [9.17, 15) is 4.79 Å². The second kappa shape index (κ2) is 4.85. The Kier molecular flexibility index (Phi) is 4.85. The van der Waals surface area contributed by atoms with Crippen LogP contribution in [0.5, 0.6) is 0 Å². The van der Waals surface area contributed by atoms with Gasteiger partial charge >= 0.3 is 5.97 Å². The van der Waals surface area contributed by atoms with Crippen molar-refractivity contribution < 1.29 is 9.53 Å². The Labute approximate surface area is 64.4 Å². The number of carbonyl (C=O) groups excluding carboxylic acids is 1. The van der Waals surface area contributed by atoms with Crippen molar-refractivity contribution in [2.45, 2.75) is 0 Å². The summed E-state index contributed by atoms with van der Waals surface area (Å²) in [5, 5.41) is 0. The highest BCUT2D eigenvalue weighted by Gasteiger charge is 2.03. The van der Waals surface area contributed by atoms with Crippen LogP contribution in [-0.4, -0.2) is 19.6 Å². The number of rotatable bonds is 3. The van der Waals surface area contributed by atoms with Crippen molar-refractivity contribution in [2.24, 2.45) is 0 Å². The topological polar surface area (TPSA) is 26.3 Å². The zero-order valence-electron chi connectivity index (χ0n) is 4.64. The van der Waals surface area contributed by atoms with Crippen LogP contribution < -0.4 is 0 Å². The molecule has 0 saturated heterocycles. The summed E-state index contributed by atoms with van der Waals surface area (Å²) < 4.78 is 4.49. The van der Waals surface area contributed by atoms with Crippen LogP contribution in [0.1, 0.15) is 0 Å². The van der Waals surface area contributed by atoms with Crippen LogP contribution in [0.15, 0.2) is 12.7 Å². The van der Waals surface area contributed by atoms with Crippen molar-refractivity contribution in [3.63, 3.8) is 0 Å². The Hall–Kier alpha value is 0.00688. The van der Waals surface area contributed by atoms with Crippen LogP contribution in [0, 0.1) is 0 Å². The Morgan fingerprint density at radius 1 is 1.78 bits per heavy atom. The van der Waals surface area contributed by atoms with Crippen molar-refractivity contribution >= 4 is 35.5 Å². The Balaban J connectivity index is 3.27. The summed E-state index contributed by atoms with van der Waals surface area (Å²) in [6.45, 7) is 3.19. The Morgan fingerprint density at radius 3 is 2.67 bits per heavy atom. The number of ether oxygens (including phenoxy) is 1. The molecule has 0 fully saturated rings. The van der Waals surface area contributed by atoms with Crippen LogP contribution in [0.4, 0.5) is 0 Å². The van der Waals surface area contributed by atoms with Crippen LogP contribution in [0.3, 0.4) is 0 Å². The van der Waals surface area contributed by atoms with Gasteiger partial charge in [0.2, 0.25) is 0 Å². The minimum Gasteiger partial charge on any atom is -0.464 e. The predicted octanol–water partition coefficient (Wildman–Crippen LogP) is 0.953.